The summed E-state index contributed by atoms with van der Waals surface area (Å²) in [5.41, 5.74) is 1.92. The van der Waals surface area contributed by atoms with E-state index in [0.29, 0.717) is 22.5 Å². The van der Waals surface area contributed by atoms with Gasteiger partial charge in [0, 0.05) is 11.3 Å². The van der Waals surface area contributed by atoms with Crippen molar-refractivity contribution < 1.29 is 18.0 Å². The van der Waals surface area contributed by atoms with Gasteiger partial charge in [-0.3, -0.25) is 4.79 Å². The molecule has 0 bridgehead atoms. The first-order valence-corrected chi connectivity index (χ1v) is 10.9. The monoisotopic (exact) mass is 459 g/mol. The lowest BCUT2D eigenvalue weighted by Gasteiger charge is -2.34. The first-order chi connectivity index (χ1) is 15.2. The second kappa shape index (κ2) is 8.31. The fraction of sp³-hybridized carbons (Fsp3) is 0.318. The summed E-state index contributed by atoms with van der Waals surface area (Å²) in [6.07, 6.45) is -3.00. The first-order valence-electron chi connectivity index (χ1n) is 10.0. The molecule has 32 heavy (non-hydrogen) atoms. The third-order valence-electron chi connectivity index (χ3n) is 5.59. The summed E-state index contributed by atoms with van der Waals surface area (Å²) < 4.78 is 42.3. The third kappa shape index (κ3) is 3.84. The van der Waals surface area contributed by atoms with Crippen molar-refractivity contribution in [3.05, 3.63) is 63.7 Å². The number of halogens is 3. The number of carbonyl (C=O) groups excluding carboxylic acids is 1. The Morgan fingerprint density at radius 2 is 2.09 bits per heavy atom. The number of aromatic nitrogens is 2. The number of carbonyl (C=O) groups is 1. The lowest BCUT2D eigenvalue weighted by molar-refractivity contribution is -0.173. The molecule has 0 saturated heterocycles. The van der Waals surface area contributed by atoms with Crippen molar-refractivity contribution >= 4 is 28.1 Å². The van der Waals surface area contributed by atoms with Crippen LogP contribution in [0.4, 0.5) is 24.0 Å². The minimum absolute atomic E-state index is 0.00660. The summed E-state index contributed by atoms with van der Waals surface area (Å²) >= 11 is 1.27. The molecule has 3 heterocycles. The van der Waals surface area contributed by atoms with E-state index in [0.717, 1.165) is 21.3 Å². The van der Waals surface area contributed by atoms with Crippen molar-refractivity contribution in [2.75, 3.05) is 10.6 Å². The van der Waals surface area contributed by atoms with E-state index in [2.05, 4.69) is 21.8 Å². The molecule has 1 amide bonds. The Bertz CT molecular complexity index is 1190. The highest BCUT2D eigenvalue weighted by atomic mass is 32.1. The van der Waals surface area contributed by atoms with Gasteiger partial charge in [0.2, 0.25) is 0 Å². The topological polar surface area (TPSA) is 82.7 Å². The molecule has 0 radical (unpaired) electrons. The molecule has 166 valence electrons. The zero-order valence-electron chi connectivity index (χ0n) is 17.3. The van der Waals surface area contributed by atoms with Crippen LogP contribution in [0.3, 0.4) is 0 Å². The number of nitriles is 1. The van der Waals surface area contributed by atoms with E-state index in [1.807, 2.05) is 13.8 Å². The van der Waals surface area contributed by atoms with Crippen molar-refractivity contribution in [2.45, 2.75) is 44.9 Å². The third-order valence-corrected chi connectivity index (χ3v) is 6.65. The lowest BCUT2D eigenvalue weighted by Crippen LogP contribution is -2.36. The van der Waals surface area contributed by atoms with Gasteiger partial charge in [0.25, 0.3) is 5.91 Å². The summed E-state index contributed by atoms with van der Waals surface area (Å²) in [6, 6.07) is 8.41. The fourth-order valence-corrected chi connectivity index (χ4v) is 5.10. The Morgan fingerprint density at radius 3 is 2.72 bits per heavy atom. The highest BCUT2D eigenvalue weighted by molar-refractivity contribution is 7.16. The first kappa shape index (κ1) is 21.9. The van der Waals surface area contributed by atoms with Gasteiger partial charge in [-0.2, -0.15) is 23.5 Å². The van der Waals surface area contributed by atoms with E-state index in [1.54, 1.807) is 30.3 Å². The minimum atomic E-state index is -4.53. The van der Waals surface area contributed by atoms with E-state index in [-0.39, 0.29) is 17.8 Å². The van der Waals surface area contributed by atoms with Crippen molar-refractivity contribution in [1.82, 2.24) is 9.78 Å². The number of fused-ring (bicyclic) bond motifs is 1. The molecular formula is C22H20F3N5OS. The van der Waals surface area contributed by atoms with Crippen molar-refractivity contribution in [2.24, 2.45) is 0 Å². The number of alkyl halides is 3. The number of hydrogen-bond acceptors (Lipinski definition) is 5. The van der Waals surface area contributed by atoms with Crippen LogP contribution >= 0.6 is 11.3 Å². The highest BCUT2D eigenvalue weighted by Crippen LogP contribution is 2.44. The van der Waals surface area contributed by atoms with E-state index in [1.165, 1.54) is 11.3 Å². The lowest BCUT2D eigenvalue weighted by atomic mass is 9.96. The Labute approximate surface area is 186 Å². The molecule has 2 aromatic heterocycles. The van der Waals surface area contributed by atoms with E-state index in [9.17, 15) is 23.2 Å². The van der Waals surface area contributed by atoms with E-state index in [4.69, 9.17) is 0 Å². The van der Waals surface area contributed by atoms with Gasteiger partial charge in [0.05, 0.1) is 17.8 Å². The van der Waals surface area contributed by atoms with Crippen LogP contribution in [0.25, 0.3) is 0 Å². The predicted molar refractivity (Wildman–Crippen MR) is 116 cm³/mol. The number of amides is 1. The second-order valence-electron chi connectivity index (χ2n) is 7.51. The molecule has 3 aromatic rings. The Hall–Kier alpha value is -3.32. The number of aryl methyl sites for hydroxylation is 1. The molecule has 2 N–H and O–H groups in total. The van der Waals surface area contributed by atoms with Gasteiger partial charge in [-0.15, -0.1) is 11.3 Å². The van der Waals surface area contributed by atoms with Gasteiger partial charge < -0.3 is 10.6 Å². The average molecular weight is 459 g/mol. The smallest absolute Gasteiger partial charge is 0.363 e. The molecule has 0 aliphatic carbocycles. The normalized spacial score (nSPS) is 17.9. The SMILES string of the molecule is CCc1c(C)sc(NC(=O)c2cnn3c2N[C@@H](c2ccccc2)C[C@@H]3C(F)(F)F)c1C#N. The maximum absolute atomic E-state index is 13.8. The number of hydrogen-bond donors (Lipinski definition) is 2. The molecule has 0 fully saturated rings. The zero-order valence-corrected chi connectivity index (χ0v) is 18.1. The Morgan fingerprint density at radius 1 is 1.38 bits per heavy atom. The molecule has 4 rings (SSSR count). The van der Waals surface area contributed by atoms with E-state index >= 15 is 0 Å². The van der Waals surface area contributed by atoms with Crippen molar-refractivity contribution in [3.63, 3.8) is 0 Å². The van der Waals surface area contributed by atoms with Gasteiger partial charge >= 0.3 is 6.18 Å². The molecule has 0 unspecified atom stereocenters. The average Bonchev–Trinajstić information content (AvgIpc) is 3.32. The van der Waals surface area contributed by atoms with E-state index < -0.39 is 24.2 Å². The number of benzene rings is 1. The molecule has 1 aliphatic rings. The van der Waals surface area contributed by atoms with Gasteiger partial charge in [-0.1, -0.05) is 37.3 Å². The van der Waals surface area contributed by atoms with Crippen LogP contribution < -0.4 is 10.6 Å². The highest BCUT2D eigenvalue weighted by Gasteiger charge is 2.47. The van der Waals surface area contributed by atoms with Gasteiger partial charge in [-0.25, -0.2) is 4.68 Å². The molecule has 2 atom stereocenters. The van der Waals surface area contributed by atoms with Crippen molar-refractivity contribution in [1.29, 1.82) is 5.26 Å². The van der Waals surface area contributed by atoms with Crippen LogP contribution in [-0.2, 0) is 6.42 Å². The molecule has 0 saturated carbocycles. The molecule has 0 spiro atoms. The van der Waals surface area contributed by atoms with Crippen LogP contribution in [0, 0.1) is 18.3 Å². The molecule has 1 aliphatic heterocycles. The molecule has 1 aromatic carbocycles. The molecule has 10 heteroatoms. The molecular weight excluding hydrogens is 439 g/mol. The standard InChI is InChI=1S/C22H20F3N5OS/c1-3-14-12(2)32-21(15(14)10-26)29-20(31)16-11-27-30-18(22(23,24)25)9-17(28-19(16)30)13-7-5-4-6-8-13/h4-8,11,17-18,28H,3,9H2,1-2H3,(H,29,31)/t17-,18-/m1/s1. The van der Waals surface area contributed by atoms with Gasteiger partial charge in [0.15, 0.2) is 6.04 Å². The number of nitrogens with zero attached hydrogens (tertiary/aromatic N) is 3. The summed E-state index contributed by atoms with van der Waals surface area (Å²) in [4.78, 5) is 13.9. The fourth-order valence-electron chi connectivity index (χ4n) is 4.01. The quantitative estimate of drug-likeness (QED) is 0.532. The van der Waals surface area contributed by atoms with Crippen LogP contribution in [0.2, 0.25) is 0 Å². The zero-order chi connectivity index (χ0) is 23.0. The van der Waals surface area contributed by atoms with Crippen LogP contribution in [0.1, 0.15) is 57.4 Å². The summed E-state index contributed by atoms with van der Waals surface area (Å²) in [6.45, 7) is 3.78. The second-order valence-corrected chi connectivity index (χ2v) is 8.74. The number of rotatable bonds is 4. The largest absolute Gasteiger partial charge is 0.410 e. The van der Waals surface area contributed by atoms with Gasteiger partial charge in [-0.05, 0) is 24.5 Å². The van der Waals surface area contributed by atoms with Crippen molar-refractivity contribution in [3.8, 4) is 6.07 Å². The van der Waals surface area contributed by atoms with Crippen LogP contribution in [0.5, 0.6) is 0 Å². The predicted octanol–water partition coefficient (Wildman–Crippen LogP) is 5.60. The number of thiophene rings is 1. The van der Waals surface area contributed by atoms with Gasteiger partial charge in [0.1, 0.15) is 22.5 Å². The maximum Gasteiger partial charge on any atom is 0.410 e. The maximum atomic E-state index is 13.8. The summed E-state index contributed by atoms with van der Waals surface area (Å²) in [7, 11) is 0. The van der Waals surface area contributed by atoms with Crippen LogP contribution in [0.15, 0.2) is 36.5 Å². The Kier molecular flexibility index (Phi) is 5.69. The number of nitrogens with one attached hydrogen (secondary N) is 2. The minimum Gasteiger partial charge on any atom is -0.363 e. The summed E-state index contributed by atoms with van der Waals surface area (Å²) in [5, 5.41) is 19.6. The number of anilines is 2. The Balaban J connectivity index is 1.71. The molecule has 6 nitrogen and oxygen atoms in total. The summed E-state index contributed by atoms with van der Waals surface area (Å²) in [5.74, 6) is -0.610. The van der Waals surface area contributed by atoms with Crippen LogP contribution in [-0.4, -0.2) is 21.9 Å².